The third-order valence-electron chi connectivity index (χ3n) is 2.55. The van der Waals surface area contributed by atoms with Crippen LogP contribution in [0.25, 0.3) is 0 Å². The quantitative estimate of drug-likeness (QED) is 0.774. The highest BCUT2D eigenvalue weighted by Crippen LogP contribution is 2.19. The van der Waals surface area contributed by atoms with E-state index in [-0.39, 0.29) is 18.6 Å². The van der Waals surface area contributed by atoms with Crippen LogP contribution >= 0.6 is 0 Å². The number of aromatic nitrogens is 1. The van der Waals surface area contributed by atoms with Crippen LogP contribution in [-0.4, -0.2) is 36.1 Å². The normalized spacial score (nSPS) is 10.3. The zero-order valence-corrected chi connectivity index (χ0v) is 11.4. The lowest BCUT2D eigenvalue weighted by atomic mass is 10.2. The maximum absolute atomic E-state index is 11.6. The molecule has 0 radical (unpaired) electrons. The molecule has 0 aliphatic heterocycles. The van der Waals surface area contributed by atoms with Crippen LogP contribution < -0.4 is 10.6 Å². The Bertz CT molecular complexity index is 460. The molecule has 0 atom stereocenters. The number of pyridine rings is 1. The van der Waals surface area contributed by atoms with Gasteiger partial charge < -0.3 is 15.4 Å². The molecule has 1 amide bonds. The highest BCUT2D eigenvalue weighted by Gasteiger charge is 2.21. The van der Waals surface area contributed by atoms with E-state index in [0.717, 1.165) is 0 Å². The molecule has 0 aliphatic rings. The molecule has 0 bridgehead atoms. The van der Waals surface area contributed by atoms with Crippen LogP contribution in [0.5, 0.6) is 0 Å². The van der Waals surface area contributed by atoms with Crippen LogP contribution in [0.15, 0.2) is 18.3 Å². The van der Waals surface area contributed by atoms with E-state index in [1.54, 1.807) is 30.2 Å². The van der Waals surface area contributed by atoms with Crippen molar-refractivity contribution in [2.24, 2.45) is 5.73 Å². The molecule has 19 heavy (non-hydrogen) atoms. The molecule has 1 rings (SSSR count). The number of nitrogens with two attached hydrogens (primary N) is 1. The van der Waals surface area contributed by atoms with Crippen molar-refractivity contribution in [2.45, 2.75) is 26.8 Å². The van der Waals surface area contributed by atoms with Gasteiger partial charge in [0.25, 0.3) is 5.91 Å². The SMILES string of the molecule is CCOC(=O)CN(c1ncccc1C(N)=O)C(C)C. The summed E-state index contributed by atoms with van der Waals surface area (Å²) < 4.78 is 4.92. The number of hydrogen-bond acceptors (Lipinski definition) is 5. The molecule has 6 heteroatoms. The molecular formula is C13H19N3O3. The van der Waals surface area contributed by atoms with E-state index in [4.69, 9.17) is 10.5 Å². The number of carbonyl (C=O) groups is 2. The lowest BCUT2D eigenvalue weighted by Gasteiger charge is -2.27. The van der Waals surface area contributed by atoms with Crippen LogP contribution in [0.2, 0.25) is 0 Å². The molecule has 1 aromatic heterocycles. The molecule has 1 heterocycles. The molecule has 0 saturated carbocycles. The Kier molecular flexibility index (Phi) is 5.29. The summed E-state index contributed by atoms with van der Waals surface area (Å²) in [7, 11) is 0. The third-order valence-corrected chi connectivity index (χ3v) is 2.55. The number of primary amides is 1. The van der Waals surface area contributed by atoms with Gasteiger partial charge >= 0.3 is 5.97 Å². The molecule has 2 N–H and O–H groups in total. The number of hydrogen-bond donors (Lipinski definition) is 1. The van der Waals surface area contributed by atoms with E-state index in [1.807, 2.05) is 13.8 Å². The van der Waals surface area contributed by atoms with Crippen molar-refractivity contribution in [3.63, 3.8) is 0 Å². The lowest BCUT2D eigenvalue weighted by Crippen LogP contribution is -2.38. The first-order chi connectivity index (χ1) is 8.97. The van der Waals surface area contributed by atoms with Gasteiger partial charge in [0, 0.05) is 12.2 Å². The summed E-state index contributed by atoms with van der Waals surface area (Å²) in [5, 5.41) is 0. The minimum atomic E-state index is -0.572. The highest BCUT2D eigenvalue weighted by atomic mass is 16.5. The van der Waals surface area contributed by atoms with Crippen molar-refractivity contribution < 1.29 is 14.3 Å². The molecule has 0 unspecified atom stereocenters. The fraction of sp³-hybridized carbons (Fsp3) is 0.462. The van der Waals surface area contributed by atoms with Gasteiger partial charge in [-0.2, -0.15) is 0 Å². The Morgan fingerprint density at radius 1 is 1.47 bits per heavy atom. The number of nitrogens with zero attached hydrogens (tertiary/aromatic N) is 2. The highest BCUT2D eigenvalue weighted by molar-refractivity contribution is 5.98. The van der Waals surface area contributed by atoms with E-state index in [2.05, 4.69) is 4.98 Å². The molecule has 0 aromatic carbocycles. The lowest BCUT2D eigenvalue weighted by molar-refractivity contribution is -0.141. The summed E-state index contributed by atoms with van der Waals surface area (Å²) in [4.78, 5) is 28.8. The number of carbonyl (C=O) groups excluding carboxylic acids is 2. The fourth-order valence-corrected chi connectivity index (χ4v) is 1.67. The molecular weight excluding hydrogens is 246 g/mol. The monoisotopic (exact) mass is 265 g/mol. The van der Waals surface area contributed by atoms with Crippen molar-refractivity contribution in [3.05, 3.63) is 23.9 Å². The van der Waals surface area contributed by atoms with E-state index in [1.165, 1.54) is 0 Å². The van der Waals surface area contributed by atoms with Gasteiger partial charge in [0.05, 0.1) is 12.2 Å². The summed E-state index contributed by atoms with van der Waals surface area (Å²) >= 11 is 0. The number of esters is 1. The van der Waals surface area contributed by atoms with Crippen molar-refractivity contribution in [2.75, 3.05) is 18.1 Å². The second kappa shape index (κ2) is 6.72. The van der Waals surface area contributed by atoms with Crippen LogP contribution in [-0.2, 0) is 9.53 Å². The molecule has 0 aliphatic carbocycles. The van der Waals surface area contributed by atoms with Gasteiger partial charge in [-0.1, -0.05) is 0 Å². The van der Waals surface area contributed by atoms with Crippen molar-refractivity contribution >= 4 is 17.7 Å². The van der Waals surface area contributed by atoms with Gasteiger partial charge in [0.1, 0.15) is 12.4 Å². The van der Waals surface area contributed by atoms with Gasteiger partial charge in [-0.05, 0) is 32.9 Å². The second-order valence-electron chi connectivity index (χ2n) is 4.27. The van der Waals surface area contributed by atoms with Crippen LogP contribution in [0.4, 0.5) is 5.82 Å². The summed E-state index contributed by atoms with van der Waals surface area (Å²) in [6.07, 6.45) is 1.56. The molecule has 104 valence electrons. The standard InChI is InChI=1S/C13H19N3O3/c1-4-19-11(17)8-16(9(2)3)13-10(12(14)18)6-5-7-15-13/h5-7,9H,4,8H2,1-3H3,(H2,14,18). The molecule has 0 spiro atoms. The van der Waals surface area contributed by atoms with Crippen molar-refractivity contribution in [1.82, 2.24) is 4.98 Å². The minimum Gasteiger partial charge on any atom is -0.465 e. The molecule has 6 nitrogen and oxygen atoms in total. The third kappa shape index (κ3) is 3.94. The molecule has 0 fully saturated rings. The first-order valence-electron chi connectivity index (χ1n) is 6.14. The largest absolute Gasteiger partial charge is 0.465 e. The Morgan fingerprint density at radius 3 is 2.68 bits per heavy atom. The number of anilines is 1. The van der Waals surface area contributed by atoms with Crippen molar-refractivity contribution in [1.29, 1.82) is 0 Å². The summed E-state index contributed by atoms with van der Waals surface area (Å²) in [6.45, 7) is 5.89. The first-order valence-corrected chi connectivity index (χ1v) is 6.14. The topological polar surface area (TPSA) is 85.5 Å². The molecule has 0 saturated heterocycles. The minimum absolute atomic E-state index is 0.0163. The average Bonchev–Trinajstić information content (AvgIpc) is 2.36. The zero-order chi connectivity index (χ0) is 14.4. The smallest absolute Gasteiger partial charge is 0.325 e. The number of rotatable bonds is 6. The summed E-state index contributed by atoms with van der Waals surface area (Å²) in [6, 6.07) is 3.20. The van der Waals surface area contributed by atoms with Gasteiger partial charge in [-0.25, -0.2) is 4.98 Å². The van der Waals surface area contributed by atoms with E-state index >= 15 is 0 Å². The Morgan fingerprint density at radius 2 is 2.16 bits per heavy atom. The first kappa shape index (κ1) is 14.9. The fourth-order valence-electron chi connectivity index (χ4n) is 1.67. The van der Waals surface area contributed by atoms with Crippen LogP contribution in [0.1, 0.15) is 31.1 Å². The predicted molar refractivity (Wildman–Crippen MR) is 71.9 cm³/mol. The van der Waals surface area contributed by atoms with Gasteiger partial charge in [-0.15, -0.1) is 0 Å². The summed E-state index contributed by atoms with van der Waals surface area (Å²) in [5.41, 5.74) is 5.61. The maximum atomic E-state index is 11.6. The van der Waals surface area contributed by atoms with Gasteiger partial charge in [0.2, 0.25) is 0 Å². The van der Waals surface area contributed by atoms with E-state index in [9.17, 15) is 9.59 Å². The van der Waals surface area contributed by atoms with E-state index in [0.29, 0.717) is 18.0 Å². The zero-order valence-electron chi connectivity index (χ0n) is 11.4. The number of ether oxygens (including phenoxy) is 1. The Balaban J connectivity index is 3.06. The average molecular weight is 265 g/mol. The van der Waals surface area contributed by atoms with Gasteiger partial charge in [0.15, 0.2) is 0 Å². The van der Waals surface area contributed by atoms with Crippen LogP contribution in [0.3, 0.4) is 0 Å². The second-order valence-corrected chi connectivity index (χ2v) is 4.27. The maximum Gasteiger partial charge on any atom is 0.325 e. The number of amides is 1. The summed E-state index contributed by atoms with van der Waals surface area (Å²) in [5.74, 6) is -0.534. The molecule has 1 aromatic rings. The van der Waals surface area contributed by atoms with Crippen molar-refractivity contribution in [3.8, 4) is 0 Å². The van der Waals surface area contributed by atoms with Gasteiger partial charge in [-0.3, -0.25) is 9.59 Å². The van der Waals surface area contributed by atoms with E-state index < -0.39 is 5.91 Å². The Hall–Kier alpha value is -2.11. The Labute approximate surface area is 112 Å². The predicted octanol–water partition coefficient (Wildman–Crippen LogP) is 0.958. The van der Waals surface area contributed by atoms with Crippen LogP contribution in [0, 0.1) is 0 Å².